The maximum atomic E-state index is 12.7. The van der Waals surface area contributed by atoms with E-state index in [1.165, 1.54) is 45.4 Å². The standard InChI is InChI=1S/C22H29NO2S/c1-15(24)23-7-6-16-2-4-20(5-3-16)21(25)14-26-22-11-17-8-18(12-22)10-19(9-17)13-22/h2-5,17-19H,6-14H2,1H3,(H,23,24). The number of rotatable bonds is 7. The molecule has 3 nitrogen and oxygen atoms in total. The van der Waals surface area contributed by atoms with Crippen molar-refractivity contribution in [2.45, 2.75) is 56.6 Å². The maximum Gasteiger partial charge on any atom is 0.216 e. The van der Waals surface area contributed by atoms with E-state index in [1.54, 1.807) is 0 Å². The van der Waals surface area contributed by atoms with Crippen LogP contribution in [0.3, 0.4) is 0 Å². The van der Waals surface area contributed by atoms with Gasteiger partial charge in [0, 0.05) is 23.8 Å². The maximum absolute atomic E-state index is 12.7. The van der Waals surface area contributed by atoms with E-state index in [4.69, 9.17) is 0 Å². The molecule has 0 spiro atoms. The van der Waals surface area contributed by atoms with Crippen LogP contribution >= 0.6 is 11.8 Å². The second-order valence-corrected chi connectivity index (χ2v) is 10.2. The minimum Gasteiger partial charge on any atom is -0.356 e. The lowest BCUT2D eigenvalue weighted by Crippen LogP contribution is -2.48. The van der Waals surface area contributed by atoms with Crippen molar-refractivity contribution in [3.05, 3.63) is 35.4 Å². The molecular formula is C22H29NO2S. The number of hydrogen-bond acceptors (Lipinski definition) is 3. The molecule has 0 atom stereocenters. The Morgan fingerprint density at radius 1 is 1.04 bits per heavy atom. The summed E-state index contributed by atoms with van der Waals surface area (Å²) in [5.74, 6) is 3.69. The van der Waals surface area contributed by atoms with Crippen molar-refractivity contribution < 1.29 is 9.59 Å². The Kier molecular flexibility index (Phi) is 5.13. The summed E-state index contributed by atoms with van der Waals surface area (Å²) in [6.07, 6.45) is 9.20. The third-order valence-electron chi connectivity index (χ3n) is 6.56. The van der Waals surface area contributed by atoms with Crippen LogP contribution in [0.5, 0.6) is 0 Å². The smallest absolute Gasteiger partial charge is 0.216 e. The van der Waals surface area contributed by atoms with Gasteiger partial charge >= 0.3 is 0 Å². The van der Waals surface area contributed by atoms with Gasteiger partial charge in [0.2, 0.25) is 5.91 Å². The predicted molar refractivity (Wildman–Crippen MR) is 107 cm³/mol. The Hall–Kier alpha value is -1.29. The number of ketones is 1. The minimum absolute atomic E-state index is 0.00139. The van der Waals surface area contributed by atoms with E-state index in [1.807, 2.05) is 36.0 Å². The SMILES string of the molecule is CC(=O)NCCc1ccc(C(=O)CSC23CC4CC(CC(C4)C2)C3)cc1. The fourth-order valence-electron chi connectivity index (χ4n) is 5.75. The summed E-state index contributed by atoms with van der Waals surface area (Å²) in [6, 6.07) is 7.94. The van der Waals surface area contributed by atoms with Crippen molar-refractivity contribution >= 4 is 23.5 Å². The summed E-state index contributed by atoms with van der Waals surface area (Å²) < 4.78 is 0.405. The summed E-state index contributed by atoms with van der Waals surface area (Å²) >= 11 is 1.96. The molecule has 1 aromatic rings. The third-order valence-corrected chi connectivity index (χ3v) is 8.07. The predicted octanol–water partition coefficient (Wildman–Crippen LogP) is 4.25. The molecule has 4 fully saturated rings. The van der Waals surface area contributed by atoms with Crippen LogP contribution in [0.1, 0.15) is 61.4 Å². The second-order valence-electron chi connectivity index (χ2n) is 8.74. The Labute approximate surface area is 160 Å². The number of amides is 1. The molecule has 5 rings (SSSR count). The van der Waals surface area contributed by atoms with Gasteiger partial charge in [-0.05, 0) is 68.3 Å². The van der Waals surface area contributed by atoms with Crippen LogP contribution in [0.15, 0.2) is 24.3 Å². The van der Waals surface area contributed by atoms with E-state index < -0.39 is 0 Å². The highest BCUT2D eigenvalue weighted by Gasteiger charge is 2.51. The summed E-state index contributed by atoms with van der Waals surface area (Å²) in [5, 5.41) is 2.81. The topological polar surface area (TPSA) is 46.2 Å². The summed E-state index contributed by atoms with van der Waals surface area (Å²) in [6.45, 7) is 2.17. The van der Waals surface area contributed by atoms with Gasteiger partial charge < -0.3 is 5.32 Å². The van der Waals surface area contributed by atoms with Crippen molar-refractivity contribution in [2.75, 3.05) is 12.3 Å². The van der Waals surface area contributed by atoms with E-state index in [-0.39, 0.29) is 11.7 Å². The molecule has 4 aliphatic carbocycles. The molecule has 1 amide bonds. The van der Waals surface area contributed by atoms with Crippen molar-refractivity contribution in [1.29, 1.82) is 0 Å². The molecule has 0 aliphatic heterocycles. The third kappa shape index (κ3) is 4.00. The zero-order valence-electron chi connectivity index (χ0n) is 15.6. The number of carbonyl (C=O) groups is 2. The normalized spacial score (nSPS) is 31.8. The molecule has 4 saturated carbocycles. The summed E-state index contributed by atoms with van der Waals surface area (Å²) in [7, 11) is 0. The van der Waals surface area contributed by atoms with Gasteiger partial charge in [0.05, 0.1) is 5.75 Å². The largest absolute Gasteiger partial charge is 0.356 e. The van der Waals surface area contributed by atoms with Crippen LogP contribution < -0.4 is 5.32 Å². The van der Waals surface area contributed by atoms with Gasteiger partial charge in [-0.15, -0.1) is 11.8 Å². The van der Waals surface area contributed by atoms with Gasteiger partial charge in [0.15, 0.2) is 5.78 Å². The number of benzene rings is 1. The van der Waals surface area contributed by atoms with Gasteiger partial charge in [-0.3, -0.25) is 9.59 Å². The van der Waals surface area contributed by atoms with E-state index >= 15 is 0 Å². The van der Waals surface area contributed by atoms with E-state index in [2.05, 4.69) is 5.32 Å². The zero-order valence-corrected chi connectivity index (χ0v) is 16.4. The van der Waals surface area contributed by atoms with Crippen LogP contribution in [0.25, 0.3) is 0 Å². The van der Waals surface area contributed by atoms with Crippen LogP contribution in [0.2, 0.25) is 0 Å². The van der Waals surface area contributed by atoms with Crippen molar-refractivity contribution in [2.24, 2.45) is 17.8 Å². The molecule has 4 aliphatic rings. The van der Waals surface area contributed by atoms with Crippen LogP contribution in [0, 0.1) is 17.8 Å². The molecule has 1 aromatic carbocycles. The second kappa shape index (κ2) is 7.38. The molecule has 1 N–H and O–H groups in total. The highest BCUT2D eigenvalue weighted by Crippen LogP contribution is 2.60. The van der Waals surface area contributed by atoms with Crippen molar-refractivity contribution in [3.8, 4) is 0 Å². The first-order valence-corrected chi connectivity index (χ1v) is 11.0. The Balaban J connectivity index is 1.30. The monoisotopic (exact) mass is 371 g/mol. The molecule has 0 heterocycles. The van der Waals surface area contributed by atoms with Gasteiger partial charge in [-0.2, -0.15) is 0 Å². The number of nitrogens with one attached hydrogen (secondary N) is 1. The Morgan fingerprint density at radius 2 is 1.62 bits per heavy atom. The molecule has 26 heavy (non-hydrogen) atoms. The highest BCUT2D eigenvalue weighted by atomic mass is 32.2. The number of Topliss-reactive ketones (excluding diaryl/α,β-unsaturated/α-hetero) is 1. The lowest BCUT2D eigenvalue weighted by Gasteiger charge is -2.56. The Bertz CT molecular complexity index is 647. The first-order valence-electron chi connectivity index (χ1n) is 10.0. The molecule has 0 saturated heterocycles. The number of hydrogen-bond donors (Lipinski definition) is 1. The van der Waals surface area contributed by atoms with Crippen LogP contribution in [-0.4, -0.2) is 28.7 Å². The lowest BCUT2D eigenvalue weighted by molar-refractivity contribution is -0.118. The van der Waals surface area contributed by atoms with Crippen molar-refractivity contribution in [1.82, 2.24) is 5.32 Å². The number of carbonyl (C=O) groups excluding carboxylic acids is 2. The van der Waals surface area contributed by atoms with Crippen LogP contribution in [-0.2, 0) is 11.2 Å². The van der Waals surface area contributed by atoms with E-state index in [9.17, 15) is 9.59 Å². The fraction of sp³-hybridized carbons (Fsp3) is 0.636. The quantitative estimate of drug-likeness (QED) is 0.729. The number of thioether (sulfide) groups is 1. The van der Waals surface area contributed by atoms with Gasteiger partial charge in [-0.1, -0.05) is 24.3 Å². The average molecular weight is 372 g/mol. The summed E-state index contributed by atoms with van der Waals surface area (Å²) in [5.41, 5.74) is 1.98. The molecule has 0 aromatic heterocycles. The van der Waals surface area contributed by atoms with Crippen molar-refractivity contribution in [3.63, 3.8) is 0 Å². The molecule has 0 unspecified atom stereocenters. The average Bonchev–Trinajstić information content (AvgIpc) is 2.59. The van der Waals surface area contributed by atoms with E-state index in [0.717, 1.165) is 35.3 Å². The molecule has 4 heteroatoms. The van der Waals surface area contributed by atoms with E-state index in [0.29, 0.717) is 17.0 Å². The van der Waals surface area contributed by atoms with Gasteiger partial charge in [0.25, 0.3) is 0 Å². The Morgan fingerprint density at radius 3 is 2.15 bits per heavy atom. The molecule has 140 valence electrons. The first-order chi connectivity index (χ1) is 12.5. The molecular weight excluding hydrogens is 342 g/mol. The zero-order chi connectivity index (χ0) is 18.1. The van der Waals surface area contributed by atoms with Crippen LogP contribution in [0.4, 0.5) is 0 Å². The fourth-order valence-corrected chi connectivity index (χ4v) is 7.41. The first kappa shape index (κ1) is 18.1. The molecule has 0 radical (unpaired) electrons. The van der Waals surface area contributed by atoms with Gasteiger partial charge in [0.1, 0.15) is 0 Å². The minimum atomic E-state index is -0.00139. The summed E-state index contributed by atoms with van der Waals surface area (Å²) in [4.78, 5) is 23.6. The molecule has 4 bridgehead atoms. The lowest BCUT2D eigenvalue weighted by atomic mass is 9.56. The van der Waals surface area contributed by atoms with Gasteiger partial charge in [-0.25, -0.2) is 0 Å². The highest BCUT2D eigenvalue weighted by molar-refractivity contribution is 8.01.